The Morgan fingerprint density at radius 2 is 1.97 bits per heavy atom. The highest BCUT2D eigenvalue weighted by Crippen LogP contribution is 2.33. The molecule has 1 saturated heterocycles. The van der Waals surface area contributed by atoms with Crippen molar-refractivity contribution in [3.63, 3.8) is 0 Å². The predicted molar refractivity (Wildman–Crippen MR) is 134 cm³/mol. The third-order valence-corrected chi connectivity index (χ3v) is 7.67. The molecule has 0 spiro atoms. The lowest BCUT2D eigenvalue weighted by atomic mass is 10.1. The summed E-state index contributed by atoms with van der Waals surface area (Å²) in [5.41, 5.74) is 3.54. The minimum atomic E-state index is -0.349. The van der Waals surface area contributed by atoms with E-state index >= 15 is 0 Å². The molecule has 4 aromatic rings. The van der Waals surface area contributed by atoms with Crippen molar-refractivity contribution in [1.82, 2.24) is 9.88 Å². The van der Waals surface area contributed by atoms with E-state index in [0.29, 0.717) is 48.9 Å². The first kappa shape index (κ1) is 22.6. The van der Waals surface area contributed by atoms with Gasteiger partial charge in [-0.15, -0.1) is 11.3 Å². The van der Waals surface area contributed by atoms with Gasteiger partial charge in [0.25, 0.3) is 11.8 Å². The van der Waals surface area contributed by atoms with Crippen LogP contribution in [0.3, 0.4) is 0 Å². The molecule has 0 atom stereocenters. The number of hydrogen-bond donors (Lipinski definition) is 1. The molecule has 1 fully saturated rings. The minimum absolute atomic E-state index is 0.0704. The second-order valence-corrected chi connectivity index (χ2v) is 9.97. The van der Waals surface area contributed by atoms with Crippen LogP contribution in [0.4, 0.5) is 5.69 Å². The van der Waals surface area contributed by atoms with Crippen molar-refractivity contribution >= 4 is 51.6 Å². The smallest absolute Gasteiger partial charge is 0.291 e. The highest BCUT2D eigenvalue weighted by molar-refractivity contribution is 8.00. The topological polar surface area (TPSA) is 84.7 Å². The van der Waals surface area contributed by atoms with E-state index in [1.165, 1.54) is 0 Å². The number of ether oxygens (including phenoxy) is 1. The van der Waals surface area contributed by atoms with E-state index < -0.39 is 0 Å². The number of fused-ring (bicyclic) bond motifs is 1. The van der Waals surface area contributed by atoms with Gasteiger partial charge in [-0.05, 0) is 31.2 Å². The first-order valence-corrected chi connectivity index (χ1v) is 12.8. The van der Waals surface area contributed by atoms with Gasteiger partial charge in [0.05, 0.1) is 13.2 Å². The van der Waals surface area contributed by atoms with Crippen LogP contribution in [-0.4, -0.2) is 48.0 Å². The van der Waals surface area contributed by atoms with Crippen molar-refractivity contribution in [3.05, 3.63) is 76.5 Å². The molecule has 0 bridgehead atoms. The normalized spacial score (nSPS) is 13.9. The van der Waals surface area contributed by atoms with Crippen LogP contribution in [-0.2, 0) is 10.5 Å². The molecule has 1 aliphatic heterocycles. The van der Waals surface area contributed by atoms with E-state index in [1.807, 2.05) is 36.6 Å². The number of carbonyl (C=O) groups excluding carboxylic acids is 2. The number of benzene rings is 2. The fourth-order valence-electron chi connectivity index (χ4n) is 3.82. The number of aromatic nitrogens is 1. The molecular formula is C25H23N3O4S2. The van der Waals surface area contributed by atoms with Gasteiger partial charge in [0.2, 0.25) is 0 Å². The molecule has 0 radical (unpaired) electrons. The maximum Gasteiger partial charge on any atom is 0.291 e. The fourth-order valence-corrected chi connectivity index (χ4v) is 5.70. The lowest BCUT2D eigenvalue weighted by Gasteiger charge is -2.27. The number of anilines is 1. The van der Waals surface area contributed by atoms with E-state index in [-0.39, 0.29) is 17.6 Å². The maximum absolute atomic E-state index is 13.3. The van der Waals surface area contributed by atoms with E-state index in [2.05, 4.69) is 10.3 Å². The lowest BCUT2D eigenvalue weighted by molar-refractivity contribution is 0.0303. The molecule has 0 unspecified atom stereocenters. The molecule has 1 aliphatic rings. The molecule has 5 rings (SSSR count). The van der Waals surface area contributed by atoms with Gasteiger partial charge in [-0.3, -0.25) is 9.59 Å². The third-order valence-electron chi connectivity index (χ3n) is 5.51. The molecule has 0 aliphatic carbocycles. The van der Waals surface area contributed by atoms with Gasteiger partial charge in [-0.25, -0.2) is 4.98 Å². The van der Waals surface area contributed by atoms with Crippen molar-refractivity contribution < 1.29 is 18.7 Å². The number of thiazole rings is 1. The number of carbonyl (C=O) groups is 2. The number of amides is 2. The van der Waals surface area contributed by atoms with Gasteiger partial charge in [0, 0.05) is 52.1 Å². The van der Waals surface area contributed by atoms with Crippen LogP contribution in [0.25, 0.3) is 11.0 Å². The number of furan rings is 1. The van der Waals surface area contributed by atoms with Crippen LogP contribution < -0.4 is 5.32 Å². The van der Waals surface area contributed by atoms with Gasteiger partial charge in [0.15, 0.2) is 5.76 Å². The van der Waals surface area contributed by atoms with Gasteiger partial charge in [-0.1, -0.05) is 36.0 Å². The van der Waals surface area contributed by atoms with Crippen LogP contribution >= 0.6 is 23.1 Å². The number of nitrogens with one attached hydrogen (secondary N) is 1. The van der Waals surface area contributed by atoms with Crippen molar-refractivity contribution in [2.45, 2.75) is 17.0 Å². The van der Waals surface area contributed by atoms with Gasteiger partial charge in [0.1, 0.15) is 9.92 Å². The van der Waals surface area contributed by atoms with Crippen LogP contribution in [0.1, 0.15) is 32.2 Å². The molecule has 34 heavy (non-hydrogen) atoms. The Bertz CT molecular complexity index is 1340. The Morgan fingerprint density at radius 1 is 1.15 bits per heavy atom. The number of thioether (sulfide) groups is 1. The van der Waals surface area contributed by atoms with E-state index in [0.717, 1.165) is 21.0 Å². The molecule has 0 saturated carbocycles. The van der Waals surface area contributed by atoms with E-state index in [9.17, 15) is 9.59 Å². The number of morpholine rings is 1. The number of para-hydroxylation sites is 1. The highest BCUT2D eigenvalue weighted by atomic mass is 32.2. The quantitative estimate of drug-likeness (QED) is 0.371. The van der Waals surface area contributed by atoms with Crippen LogP contribution in [0, 0.1) is 6.92 Å². The summed E-state index contributed by atoms with van der Waals surface area (Å²) in [5, 5.41) is 5.83. The van der Waals surface area contributed by atoms with Gasteiger partial charge >= 0.3 is 0 Å². The number of nitrogens with zero attached hydrogens (tertiary/aromatic N) is 2. The summed E-state index contributed by atoms with van der Waals surface area (Å²) in [5.74, 6) is 0.409. The summed E-state index contributed by atoms with van der Waals surface area (Å²) in [6.45, 7) is 4.16. The van der Waals surface area contributed by atoms with Gasteiger partial charge in [-0.2, -0.15) is 0 Å². The van der Waals surface area contributed by atoms with Crippen molar-refractivity contribution in [2.75, 3.05) is 31.6 Å². The Morgan fingerprint density at radius 3 is 2.76 bits per heavy atom. The lowest BCUT2D eigenvalue weighted by Crippen LogP contribution is -2.40. The minimum Gasteiger partial charge on any atom is -0.451 e. The summed E-state index contributed by atoms with van der Waals surface area (Å²) >= 11 is 3.17. The average Bonchev–Trinajstić information content (AvgIpc) is 3.46. The Hall–Kier alpha value is -3.14. The van der Waals surface area contributed by atoms with Gasteiger partial charge < -0.3 is 19.4 Å². The highest BCUT2D eigenvalue weighted by Gasteiger charge is 2.22. The van der Waals surface area contributed by atoms with Crippen molar-refractivity contribution in [1.29, 1.82) is 0 Å². The first-order chi connectivity index (χ1) is 16.6. The third kappa shape index (κ3) is 4.86. The van der Waals surface area contributed by atoms with Crippen LogP contribution in [0.5, 0.6) is 0 Å². The van der Waals surface area contributed by atoms with E-state index in [4.69, 9.17) is 9.15 Å². The molecule has 3 heterocycles. The summed E-state index contributed by atoms with van der Waals surface area (Å²) < 4.78 is 12.2. The summed E-state index contributed by atoms with van der Waals surface area (Å²) in [7, 11) is 0. The Labute approximate surface area is 205 Å². The molecule has 174 valence electrons. The SMILES string of the molecule is Cc1csc(SCc2c(C(=O)Nc3cccc(C(=O)N4CCOCC4)c3)oc3ccccc23)n1. The van der Waals surface area contributed by atoms with Crippen LogP contribution in [0.15, 0.2) is 62.7 Å². The zero-order valence-corrected chi connectivity index (χ0v) is 20.2. The molecule has 2 aromatic heterocycles. The monoisotopic (exact) mass is 493 g/mol. The van der Waals surface area contributed by atoms with E-state index in [1.54, 1.807) is 52.3 Å². The molecule has 9 heteroatoms. The molecule has 1 N–H and O–H groups in total. The second-order valence-electron chi connectivity index (χ2n) is 7.89. The summed E-state index contributed by atoms with van der Waals surface area (Å²) in [6.07, 6.45) is 0. The number of rotatable bonds is 6. The largest absolute Gasteiger partial charge is 0.451 e. The second kappa shape index (κ2) is 10.0. The Balaban J connectivity index is 1.37. The Kier molecular flexibility index (Phi) is 6.66. The zero-order chi connectivity index (χ0) is 23.5. The average molecular weight is 494 g/mol. The molecule has 2 aromatic carbocycles. The molecular weight excluding hydrogens is 470 g/mol. The zero-order valence-electron chi connectivity index (χ0n) is 18.6. The summed E-state index contributed by atoms with van der Waals surface area (Å²) in [6, 6.07) is 14.6. The van der Waals surface area contributed by atoms with Crippen LogP contribution in [0.2, 0.25) is 0 Å². The standard InChI is InChI=1S/C25H23N3O4S2/c1-16-14-33-25(26-16)34-15-20-19-7-2-3-8-21(19)32-22(20)23(29)27-18-6-4-5-17(13-18)24(30)28-9-11-31-12-10-28/h2-8,13-14H,9-12,15H2,1H3,(H,27,29). The summed E-state index contributed by atoms with van der Waals surface area (Å²) in [4.78, 5) is 32.4. The van der Waals surface area contributed by atoms with Crippen molar-refractivity contribution in [2.24, 2.45) is 0 Å². The number of hydrogen-bond acceptors (Lipinski definition) is 7. The maximum atomic E-state index is 13.3. The molecule has 2 amide bonds. The first-order valence-electron chi connectivity index (χ1n) is 10.9. The number of aryl methyl sites for hydroxylation is 1. The molecule has 7 nitrogen and oxygen atoms in total. The fraction of sp³-hybridized carbons (Fsp3) is 0.240. The van der Waals surface area contributed by atoms with Crippen molar-refractivity contribution in [3.8, 4) is 0 Å². The predicted octanol–water partition coefficient (Wildman–Crippen LogP) is 5.21.